The van der Waals surface area contributed by atoms with Crippen molar-refractivity contribution in [3.05, 3.63) is 205 Å². The van der Waals surface area contributed by atoms with E-state index in [1.807, 2.05) is 11.3 Å². The molecule has 0 aliphatic carbocycles. The maximum atomic E-state index is 2.40. The first-order valence-electron chi connectivity index (χ1n) is 18.6. The summed E-state index contributed by atoms with van der Waals surface area (Å²) in [5.41, 5.74) is 16.1. The van der Waals surface area contributed by atoms with Gasteiger partial charge in [0, 0.05) is 10.1 Å². The van der Waals surface area contributed by atoms with Gasteiger partial charge in [-0.25, -0.2) is 0 Å². The van der Waals surface area contributed by atoms with E-state index in [1.54, 1.807) is 0 Å². The Morgan fingerprint density at radius 3 is 1.54 bits per heavy atom. The summed E-state index contributed by atoms with van der Waals surface area (Å²) in [5, 5.41) is 8.58. The van der Waals surface area contributed by atoms with Crippen LogP contribution in [0.1, 0.15) is 5.56 Å². The molecule has 0 fully saturated rings. The molecule has 54 heavy (non-hydrogen) atoms. The van der Waals surface area contributed by atoms with Gasteiger partial charge < -0.3 is 0 Å². The second-order valence-electron chi connectivity index (χ2n) is 14.0. The second-order valence-corrected chi connectivity index (χ2v) is 15.0. The van der Waals surface area contributed by atoms with Crippen molar-refractivity contribution in [2.75, 3.05) is 0 Å². The first kappa shape index (κ1) is 32.1. The van der Waals surface area contributed by atoms with E-state index in [9.17, 15) is 0 Å². The molecule has 0 radical (unpaired) electrons. The molecule has 0 spiro atoms. The van der Waals surface area contributed by atoms with Crippen LogP contribution in [0.25, 0.3) is 98.4 Å². The third-order valence-corrected chi connectivity index (χ3v) is 11.9. The quantitative estimate of drug-likeness (QED) is 0.162. The van der Waals surface area contributed by atoms with Crippen LogP contribution in [0.2, 0.25) is 0 Å². The van der Waals surface area contributed by atoms with E-state index in [-0.39, 0.29) is 0 Å². The molecule has 10 rings (SSSR count). The number of thiophene rings is 1. The smallest absolute Gasteiger partial charge is 0.0355 e. The summed E-state index contributed by atoms with van der Waals surface area (Å²) in [5.74, 6) is 0. The minimum Gasteiger partial charge on any atom is -0.144 e. The monoisotopic (exact) mass is 704 g/mol. The standard InChI is InChI=1S/C53H36S/c1-35-49(36-16-4-2-5-17-36)32-39(33-50(35)37-18-6-3-7-19-37)40-21-10-15-27-47(40)53-41-22-9-8-20-38(41)28-29-48(53)43-24-12-14-26-45(43)51-34-52-46(30-31-54-52)42-23-11-13-25-44(42)51/h2-34H,1H3. The highest BCUT2D eigenvalue weighted by molar-refractivity contribution is 7.17. The fraction of sp³-hybridized carbons (Fsp3) is 0.0189. The highest BCUT2D eigenvalue weighted by atomic mass is 32.1. The highest BCUT2D eigenvalue weighted by Crippen LogP contribution is 2.48. The molecular formula is C53H36S. The van der Waals surface area contributed by atoms with E-state index in [0.717, 1.165) is 0 Å². The molecule has 0 aliphatic rings. The molecule has 1 aromatic heterocycles. The predicted octanol–water partition coefficient (Wildman–Crippen LogP) is 15.5. The van der Waals surface area contributed by atoms with Crippen LogP contribution in [0, 0.1) is 6.92 Å². The number of rotatable bonds is 6. The SMILES string of the molecule is Cc1c(-c2ccccc2)cc(-c2ccccc2-c2c(-c3ccccc3-c3cc4sccc4c4ccccc34)ccc3ccccc23)cc1-c1ccccc1. The Morgan fingerprint density at radius 2 is 0.852 bits per heavy atom. The summed E-state index contributed by atoms with van der Waals surface area (Å²) < 4.78 is 1.31. The summed E-state index contributed by atoms with van der Waals surface area (Å²) in [4.78, 5) is 0. The van der Waals surface area contributed by atoms with E-state index in [1.165, 1.54) is 104 Å². The molecule has 1 heteroatoms. The summed E-state index contributed by atoms with van der Waals surface area (Å²) in [6.45, 7) is 2.26. The lowest BCUT2D eigenvalue weighted by molar-refractivity contribution is 1.44. The van der Waals surface area contributed by atoms with Gasteiger partial charge in [0.2, 0.25) is 0 Å². The zero-order valence-corrected chi connectivity index (χ0v) is 30.8. The van der Waals surface area contributed by atoms with Crippen LogP contribution in [-0.2, 0) is 0 Å². The van der Waals surface area contributed by atoms with Crippen molar-refractivity contribution < 1.29 is 0 Å². The normalized spacial score (nSPS) is 11.4. The van der Waals surface area contributed by atoms with Crippen molar-refractivity contribution in [1.82, 2.24) is 0 Å². The Labute approximate surface area is 320 Å². The van der Waals surface area contributed by atoms with Crippen molar-refractivity contribution in [1.29, 1.82) is 0 Å². The molecular weight excluding hydrogens is 669 g/mol. The highest BCUT2D eigenvalue weighted by Gasteiger charge is 2.21. The van der Waals surface area contributed by atoms with Crippen LogP contribution in [0.3, 0.4) is 0 Å². The zero-order chi connectivity index (χ0) is 36.0. The zero-order valence-electron chi connectivity index (χ0n) is 30.0. The summed E-state index contributed by atoms with van der Waals surface area (Å²) in [7, 11) is 0. The summed E-state index contributed by atoms with van der Waals surface area (Å²) in [6.07, 6.45) is 0. The van der Waals surface area contributed by atoms with Gasteiger partial charge in [-0.2, -0.15) is 0 Å². The molecule has 254 valence electrons. The van der Waals surface area contributed by atoms with Crippen LogP contribution < -0.4 is 0 Å². The van der Waals surface area contributed by atoms with E-state index in [2.05, 4.69) is 206 Å². The van der Waals surface area contributed by atoms with Gasteiger partial charge in [-0.3, -0.25) is 0 Å². The Hall–Kier alpha value is -6.54. The van der Waals surface area contributed by atoms with Crippen LogP contribution in [0.4, 0.5) is 0 Å². The molecule has 0 amide bonds. The van der Waals surface area contributed by atoms with Crippen molar-refractivity contribution in [3.8, 4) is 66.8 Å². The lowest BCUT2D eigenvalue weighted by Gasteiger charge is -2.21. The Kier molecular flexibility index (Phi) is 8.01. The number of hydrogen-bond donors (Lipinski definition) is 0. The molecule has 0 N–H and O–H groups in total. The minimum atomic E-state index is 1.20. The molecule has 0 bridgehead atoms. The molecule has 10 aromatic rings. The van der Waals surface area contributed by atoms with Crippen molar-refractivity contribution in [3.63, 3.8) is 0 Å². The lowest BCUT2D eigenvalue weighted by Crippen LogP contribution is -1.95. The van der Waals surface area contributed by atoms with E-state index < -0.39 is 0 Å². The lowest BCUT2D eigenvalue weighted by atomic mass is 9.82. The summed E-state index contributed by atoms with van der Waals surface area (Å²) in [6, 6.07) is 71.4. The van der Waals surface area contributed by atoms with Gasteiger partial charge in [-0.15, -0.1) is 11.3 Å². The molecule has 0 atom stereocenters. The maximum Gasteiger partial charge on any atom is 0.0355 e. The van der Waals surface area contributed by atoms with E-state index >= 15 is 0 Å². The molecule has 0 aliphatic heterocycles. The summed E-state index contributed by atoms with van der Waals surface area (Å²) >= 11 is 1.81. The average molecular weight is 705 g/mol. The molecule has 0 saturated heterocycles. The van der Waals surface area contributed by atoms with Crippen molar-refractivity contribution in [2.45, 2.75) is 6.92 Å². The number of benzene rings is 9. The van der Waals surface area contributed by atoms with E-state index in [4.69, 9.17) is 0 Å². The molecule has 0 saturated carbocycles. The second kappa shape index (κ2) is 13.5. The van der Waals surface area contributed by atoms with E-state index in [0.29, 0.717) is 0 Å². The van der Waals surface area contributed by atoms with Crippen molar-refractivity contribution in [2.24, 2.45) is 0 Å². The Morgan fingerprint density at radius 1 is 0.315 bits per heavy atom. The maximum absolute atomic E-state index is 2.40. The van der Waals surface area contributed by atoms with Crippen LogP contribution >= 0.6 is 11.3 Å². The van der Waals surface area contributed by atoms with Crippen LogP contribution in [0.5, 0.6) is 0 Å². The third-order valence-electron chi connectivity index (χ3n) is 11.0. The number of fused-ring (bicyclic) bond motifs is 4. The predicted molar refractivity (Wildman–Crippen MR) is 234 cm³/mol. The molecule has 9 aromatic carbocycles. The van der Waals surface area contributed by atoms with Gasteiger partial charge >= 0.3 is 0 Å². The van der Waals surface area contributed by atoms with Gasteiger partial charge in [-0.05, 0) is 130 Å². The first-order chi connectivity index (χ1) is 26.7. The topological polar surface area (TPSA) is 0 Å². The molecule has 1 heterocycles. The fourth-order valence-electron chi connectivity index (χ4n) is 8.44. The van der Waals surface area contributed by atoms with Gasteiger partial charge in [-0.1, -0.05) is 170 Å². The van der Waals surface area contributed by atoms with Gasteiger partial charge in [0.05, 0.1) is 0 Å². The van der Waals surface area contributed by atoms with Gasteiger partial charge in [0.25, 0.3) is 0 Å². The van der Waals surface area contributed by atoms with Gasteiger partial charge in [0.1, 0.15) is 0 Å². The Bertz CT molecular complexity index is 2930. The molecule has 0 nitrogen and oxygen atoms in total. The first-order valence-corrected chi connectivity index (χ1v) is 19.5. The van der Waals surface area contributed by atoms with Crippen molar-refractivity contribution >= 4 is 43.0 Å². The number of hydrogen-bond acceptors (Lipinski definition) is 1. The fourth-order valence-corrected chi connectivity index (χ4v) is 9.28. The minimum absolute atomic E-state index is 1.20. The van der Waals surface area contributed by atoms with Crippen LogP contribution in [0.15, 0.2) is 200 Å². The van der Waals surface area contributed by atoms with Crippen LogP contribution in [-0.4, -0.2) is 0 Å². The third kappa shape index (κ3) is 5.45. The largest absolute Gasteiger partial charge is 0.144 e. The average Bonchev–Trinajstić information content (AvgIpc) is 3.73. The van der Waals surface area contributed by atoms with Gasteiger partial charge in [0.15, 0.2) is 0 Å². The molecule has 0 unspecified atom stereocenters. The Balaban J connectivity index is 1.26.